The van der Waals surface area contributed by atoms with Gasteiger partial charge in [-0.25, -0.2) is 4.79 Å². The molecule has 110 valence electrons. The standard InChI is InChI=1S/C15H21NO3S/c1-9-5-10(2)13(11(3)6-9)7-20-8-14(15(18)19)16-12(4)17/h5-6,14H,7-8H2,1-4H3,(H,16,17)(H,18,19)/t14-/m0/s1. The monoisotopic (exact) mass is 295 g/mol. The number of rotatable bonds is 6. The number of aryl methyl sites for hydroxylation is 3. The highest BCUT2D eigenvalue weighted by Crippen LogP contribution is 2.22. The topological polar surface area (TPSA) is 66.4 Å². The number of carboxylic acid groups (broad SMARTS) is 1. The van der Waals surface area contributed by atoms with Crippen LogP contribution in [0.4, 0.5) is 0 Å². The molecule has 4 nitrogen and oxygen atoms in total. The van der Waals surface area contributed by atoms with Gasteiger partial charge in [0.15, 0.2) is 0 Å². The van der Waals surface area contributed by atoms with Crippen molar-refractivity contribution in [3.05, 3.63) is 34.4 Å². The number of nitrogens with one attached hydrogen (secondary N) is 1. The van der Waals surface area contributed by atoms with Gasteiger partial charge in [0.1, 0.15) is 6.04 Å². The Hall–Kier alpha value is -1.49. The van der Waals surface area contributed by atoms with Crippen molar-refractivity contribution in [1.82, 2.24) is 5.32 Å². The summed E-state index contributed by atoms with van der Waals surface area (Å²) in [5.41, 5.74) is 4.92. The Labute approximate surface area is 124 Å². The molecule has 1 aromatic rings. The summed E-state index contributed by atoms with van der Waals surface area (Å²) in [5.74, 6) is -0.200. The molecule has 5 heteroatoms. The van der Waals surface area contributed by atoms with Gasteiger partial charge in [-0.1, -0.05) is 17.7 Å². The summed E-state index contributed by atoms with van der Waals surface area (Å²) in [6.07, 6.45) is 0. The van der Waals surface area contributed by atoms with Crippen molar-refractivity contribution >= 4 is 23.6 Å². The van der Waals surface area contributed by atoms with Crippen LogP contribution in [0.5, 0.6) is 0 Å². The first-order valence-electron chi connectivity index (χ1n) is 6.45. The molecule has 1 atom stereocenters. The molecule has 1 aromatic carbocycles. The van der Waals surface area contributed by atoms with Crippen LogP contribution >= 0.6 is 11.8 Å². The van der Waals surface area contributed by atoms with Gasteiger partial charge in [0, 0.05) is 18.4 Å². The highest BCUT2D eigenvalue weighted by Gasteiger charge is 2.18. The molecule has 20 heavy (non-hydrogen) atoms. The van der Waals surface area contributed by atoms with Crippen LogP contribution in [0.15, 0.2) is 12.1 Å². The van der Waals surface area contributed by atoms with Crippen molar-refractivity contribution in [2.24, 2.45) is 0 Å². The summed E-state index contributed by atoms with van der Waals surface area (Å²) in [6.45, 7) is 7.53. The average Bonchev–Trinajstić information content (AvgIpc) is 2.30. The summed E-state index contributed by atoms with van der Waals surface area (Å²) in [4.78, 5) is 22.0. The SMILES string of the molecule is CC(=O)N[C@@H](CSCc1c(C)cc(C)cc1C)C(=O)O. The predicted octanol–water partition coefficient (Wildman–Crippen LogP) is 2.43. The molecule has 0 spiro atoms. The van der Waals surface area contributed by atoms with Gasteiger partial charge >= 0.3 is 5.97 Å². The summed E-state index contributed by atoms with van der Waals surface area (Å²) >= 11 is 1.52. The molecular weight excluding hydrogens is 274 g/mol. The summed E-state index contributed by atoms with van der Waals surface area (Å²) in [7, 11) is 0. The van der Waals surface area contributed by atoms with Crippen molar-refractivity contribution < 1.29 is 14.7 Å². The largest absolute Gasteiger partial charge is 0.480 e. The zero-order valence-electron chi connectivity index (χ0n) is 12.3. The van der Waals surface area contributed by atoms with E-state index < -0.39 is 12.0 Å². The molecule has 0 aliphatic heterocycles. The van der Waals surface area contributed by atoms with E-state index in [1.165, 1.54) is 40.9 Å². The Bertz CT molecular complexity index is 491. The van der Waals surface area contributed by atoms with E-state index in [-0.39, 0.29) is 5.91 Å². The van der Waals surface area contributed by atoms with Gasteiger partial charge in [-0.2, -0.15) is 11.8 Å². The molecule has 0 unspecified atom stereocenters. The minimum absolute atomic E-state index is 0.319. The molecule has 0 fully saturated rings. The second-order valence-corrected chi connectivity index (χ2v) is 6.01. The van der Waals surface area contributed by atoms with E-state index in [0.717, 1.165) is 5.75 Å². The van der Waals surface area contributed by atoms with Crippen LogP contribution in [-0.2, 0) is 15.3 Å². The normalized spacial score (nSPS) is 12.0. The maximum Gasteiger partial charge on any atom is 0.327 e. The molecular formula is C15H21NO3S. The van der Waals surface area contributed by atoms with Crippen LogP contribution in [0.2, 0.25) is 0 Å². The lowest BCUT2D eigenvalue weighted by Gasteiger charge is -2.15. The first-order chi connectivity index (χ1) is 9.31. The number of benzene rings is 1. The third kappa shape index (κ3) is 4.89. The molecule has 0 aliphatic carbocycles. The Morgan fingerprint density at radius 1 is 1.25 bits per heavy atom. The molecule has 1 rings (SSSR count). The van der Waals surface area contributed by atoms with Crippen LogP contribution < -0.4 is 5.32 Å². The lowest BCUT2D eigenvalue weighted by atomic mass is 10.0. The fourth-order valence-corrected chi connectivity index (χ4v) is 3.38. The molecule has 0 bridgehead atoms. The van der Waals surface area contributed by atoms with Crippen molar-refractivity contribution in [3.8, 4) is 0 Å². The molecule has 0 saturated carbocycles. The zero-order valence-corrected chi connectivity index (χ0v) is 13.1. The van der Waals surface area contributed by atoms with Gasteiger partial charge in [0.2, 0.25) is 5.91 Å². The minimum Gasteiger partial charge on any atom is -0.480 e. The van der Waals surface area contributed by atoms with E-state index in [1.807, 2.05) is 0 Å². The maximum absolute atomic E-state index is 11.0. The predicted molar refractivity (Wildman–Crippen MR) is 82.1 cm³/mol. The summed E-state index contributed by atoms with van der Waals surface area (Å²) < 4.78 is 0. The van der Waals surface area contributed by atoms with E-state index in [9.17, 15) is 9.59 Å². The Morgan fingerprint density at radius 2 is 1.80 bits per heavy atom. The molecule has 0 radical (unpaired) electrons. The molecule has 0 aliphatic rings. The van der Waals surface area contributed by atoms with Crippen LogP contribution in [-0.4, -0.2) is 28.8 Å². The first-order valence-corrected chi connectivity index (χ1v) is 7.61. The lowest BCUT2D eigenvalue weighted by Crippen LogP contribution is -2.41. The van der Waals surface area contributed by atoms with Crippen LogP contribution in [0.25, 0.3) is 0 Å². The summed E-state index contributed by atoms with van der Waals surface area (Å²) in [5, 5.41) is 11.5. The molecule has 1 amide bonds. The number of carbonyl (C=O) groups excluding carboxylic acids is 1. The van der Waals surface area contributed by atoms with Crippen molar-refractivity contribution in [1.29, 1.82) is 0 Å². The Morgan fingerprint density at radius 3 is 2.25 bits per heavy atom. The van der Waals surface area contributed by atoms with Crippen LogP contribution in [0, 0.1) is 20.8 Å². The summed E-state index contributed by atoms with van der Waals surface area (Å²) in [6, 6.07) is 3.43. The molecule has 0 saturated heterocycles. The molecule has 0 heterocycles. The molecule has 0 aromatic heterocycles. The van der Waals surface area contributed by atoms with Crippen molar-refractivity contribution in [2.45, 2.75) is 39.5 Å². The fourth-order valence-electron chi connectivity index (χ4n) is 2.14. The number of hydrogen-bond acceptors (Lipinski definition) is 3. The first kappa shape index (κ1) is 16.6. The highest BCUT2D eigenvalue weighted by atomic mass is 32.2. The van der Waals surface area contributed by atoms with Gasteiger partial charge < -0.3 is 10.4 Å². The van der Waals surface area contributed by atoms with E-state index in [0.29, 0.717) is 5.75 Å². The number of amides is 1. The zero-order chi connectivity index (χ0) is 15.3. The lowest BCUT2D eigenvalue weighted by molar-refractivity contribution is -0.140. The van der Waals surface area contributed by atoms with Gasteiger partial charge in [-0.05, 0) is 37.5 Å². The third-order valence-electron chi connectivity index (χ3n) is 3.05. The number of carboxylic acids is 1. The van der Waals surface area contributed by atoms with Gasteiger partial charge in [0.25, 0.3) is 0 Å². The quantitative estimate of drug-likeness (QED) is 0.846. The smallest absolute Gasteiger partial charge is 0.327 e. The Kier molecular flexibility index (Phi) is 6.07. The van der Waals surface area contributed by atoms with E-state index >= 15 is 0 Å². The maximum atomic E-state index is 11.0. The van der Waals surface area contributed by atoms with Crippen molar-refractivity contribution in [3.63, 3.8) is 0 Å². The number of hydrogen-bond donors (Lipinski definition) is 2. The second-order valence-electron chi connectivity index (χ2n) is 4.98. The minimum atomic E-state index is -0.995. The van der Waals surface area contributed by atoms with Crippen LogP contribution in [0.3, 0.4) is 0 Å². The van der Waals surface area contributed by atoms with Crippen molar-refractivity contribution in [2.75, 3.05) is 5.75 Å². The highest BCUT2D eigenvalue weighted by molar-refractivity contribution is 7.98. The number of aliphatic carboxylic acids is 1. The average molecular weight is 295 g/mol. The van der Waals surface area contributed by atoms with E-state index in [4.69, 9.17) is 5.11 Å². The van der Waals surface area contributed by atoms with Gasteiger partial charge in [0.05, 0.1) is 0 Å². The number of carbonyl (C=O) groups is 2. The van der Waals surface area contributed by atoms with Gasteiger partial charge in [-0.15, -0.1) is 0 Å². The van der Waals surface area contributed by atoms with E-state index in [1.54, 1.807) is 0 Å². The third-order valence-corrected chi connectivity index (χ3v) is 4.11. The second kappa shape index (κ2) is 7.33. The molecule has 2 N–H and O–H groups in total. The van der Waals surface area contributed by atoms with Gasteiger partial charge in [-0.3, -0.25) is 4.79 Å². The fraction of sp³-hybridized carbons (Fsp3) is 0.467. The van der Waals surface area contributed by atoms with Crippen LogP contribution in [0.1, 0.15) is 29.2 Å². The number of thioether (sulfide) groups is 1. The van der Waals surface area contributed by atoms with E-state index in [2.05, 4.69) is 38.2 Å². The Balaban J connectivity index is 2.63.